The van der Waals surface area contributed by atoms with Crippen LogP contribution in [0.25, 0.3) is 0 Å². The molecule has 0 amide bonds. The summed E-state index contributed by atoms with van der Waals surface area (Å²) >= 11 is 0. The molecule has 2 aromatic heterocycles. The molecule has 0 bridgehead atoms. The molecular weight excluding hydrogens is 228 g/mol. The van der Waals surface area contributed by atoms with Crippen molar-refractivity contribution in [3.8, 4) is 0 Å². The number of nitrogens with zero attached hydrogens (tertiary/aromatic N) is 2. The fourth-order valence-corrected chi connectivity index (χ4v) is 1.61. The van der Waals surface area contributed by atoms with Crippen LogP contribution in [0.1, 0.15) is 17.3 Å². The van der Waals surface area contributed by atoms with Crippen LogP contribution in [0.4, 0.5) is 5.82 Å². The Kier molecular flexibility index (Phi) is 4.30. The summed E-state index contributed by atoms with van der Waals surface area (Å²) in [5.74, 6) is 3.49. The predicted molar refractivity (Wildman–Crippen MR) is 70.4 cm³/mol. The first-order valence-corrected chi connectivity index (χ1v) is 6.03. The van der Waals surface area contributed by atoms with E-state index in [1.807, 2.05) is 32.2 Å². The first kappa shape index (κ1) is 12.6. The minimum absolute atomic E-state index is 0.635. The highest BCUT2D eigenvalue weighted by atomic mass is 16.3. The van der Waals surface area contributed by atoms with Crippen molar-refractivity contribution in [1.29, 1.82) is 0 Å². The first-order valence-electron chi connectivity index (χ1n) is 6.03. The largest absolute Gasteiger partial charge is 0.465 e. The fraction of sp³-hybridized carbons (Fsp3) is 0.385. The molecule has 2 heterocycles. The Morgan fingerprint density at radius 1 is 1.28 bits per heavy atom. The van der Waals surface area contributed by atoms with Crippen LogP contribution >= 0.6 is 0 Å². The molecule has 0 radical (unpaired) electrons. The number of aryl methyl sites for hydroxylation is 1. The Morgan fingerprint density at radius 2 is 2.17 bits per heavy atom. The van der Waals surface area contributed by atoms with Crippen LogP contribution in [0.15, 0.2) is 28.8 Å². The molecular formula is C13H18N4O. The minimum atomic E-state index is 0.635. The topological polar surface area (TPSA) is 63.0 Å². The molecule has 0 saturated heterocycles. The normalized spacial score (nSPS) is 10.6. The molecule has 0 atom stereocenters. The van der Waals surface area contributed by atoms with Gasteiger partial charge < -0.3 is 15.1 Å². The van der Waals surface area contributed by atoms with Gasteiger partial charge in [0.15, 0.2) is 0 Å². The van der Waals surface area contributed by atoms with E-state index < -0.39 is 0 Å². The summed E-state index contributed by atoms with van der Waals surface area (Å²) in [7, 11) is 1.92. The summed E-state index contributed by atoms with van der Waals surface area (Å²) in [5, 5.41) is 6.31. The van der Waals surface area contributed by atoms with Gasteiger partial charge >= 0.3 is 0 Å². The van der Waals surface area contributed by atoms with E-state index in [9.17, 15) is 0 Å². The summed E-state index contributed by atoms with van der Waals surface area (Å²) in [4.78, 5) is 8.65. The lowest BCUT2D eigenvalue weighted by atomic mass is 10.4. The Labute approximate surface area is 107 Å². The van der Waals surface area contributed by atoms with Gasteiger partial charge in [0, 0.05) is 19.2 Å². The third kappa shape index (κ3) is 3.56. The molecule has 0 saturated carbocycles. The van der Waals surface area contributed by atoms with Crippen LogP contribution in [0.2, 0.25) is 0 Å². The third-order valence-corrected chi connectivity index (χ3v) is 2.54. The van der Waals surface area contributed by atoms with Gasteiger partial charge in [-0.15, -0.1) is 0 Å². The number of nitrogens with one attached hydrogen (secondary N) is 2. The van der Waals surface area contributed by atoms with Crippen LogP contribution in [0.5, 0.6) is 0 Å². The lowest BCUT2D eigenvalue weighted by Crippen LogP contribution is -2.13. The van der Waals surface area contributed by atoms with Gasteiger partial charge in [0.05, 0.1) is 6.54 Å². The number of furan rings is 1. The molecule has 2 rings (SSSR count). The van der Waals surface area contributed by atoms with Crippen LogP contribution < -0.4 is 10.6 Å². The van der Waals surface area contributed by atoms with Gasteiger partial charge in [0.2, 0.25) is 0 Å². The van der Waals surface area contributed by atoms with Gasteiger partial charge in [0.25, 0.3) is 0 Å². The zero-order valence-corrected chi connectivity index (χ0v) is 10.7. The highest BCUT2D eigenvalue weighted by Crippen LogP contribution is 2.09. The average Bonchev–Trinajstić information content (AvgIpc) is 2.80. The molecule has 0 aromatic carbocycles. The standard InChI is InChI=1S/C13H18N4O/c1-10-3-4-11(18-10)9-16-13-6-8-15-12(17-13)5-7-14-2/h3-4,6,8,14H,5,7,9H2,1-2H3,(H,15,16,17). The maximum Gasteiger partial charge on any atom is 0.131 e. The first-order chi connectivity index (χ1) is 8.78. The van der Waals surface area contributed by atoms with Crippen molar-refractivity contribution in [1.82, 2.24) is 15.3 Å². The summed E-state index contributed by atoms with van der Waals surface area (Å²) < 4.78 is 5.48. The molecule has 0 spiro atoms. The number of rotatable bonds is 6. The zero-order valence-electron chi connectivity index (χ0n) is 10.7. The van der Waals surface area contributed by atoms with Crippen molar-refractivity contribution in [3.05, 3.63) is 41.7 Å². The monoisotopic (exact) mass is 246 g/mol. The average molecular weight is 246 g/mol. The van der Waals surface area contributed by atoms with E-state index in [-0.39, 0.29) is 0 Å². The van der Waals surface area contributed by atoms with Gasteiger partial charge in [-0.1, -0.05) is 0 Å². The summed E-state index contributed by atoms with van der Waals surface area (Å²) in [6.45, 7) is 3.45. The molecule has 96 valence electrons. The number of aromatic nitrogens is 2. The van der Waals surface area contributed by atoms with Crippen molar-refractivity contribution in [2.24, 2.45) is 0 Å². The molecule has 18 heavy (non-hydrogen) atoms. The predicted octanol–water partition coefficient (Wildman–Crippen LogP) is 1.75. The van der Waals surface area contributed by atoms with Crippen LogP contribution in [-0.2, 0) is 13.0 Å². The molecule has 0 aliphatic carbocycles. The summed E-state index contributed by atoms with van der Waals surface area (Å²) in [6, 6.07) is 5.78. The van der Waals surface area contributed by atoms with Gasteiger partial charge in [-0.2, -0.15) is 0 Å². The second kappa shape index (κ2) is 6.16. The number of likely N-dealkylation sites (N-methyl/N-ethyl adjacent to an activating group) is 1. The van der Waals surface area contributed by atoms with Gasteiger partial charge in [-0.3, -0.25) is 0 Å². The van der Waals surface area contributed by atoms with E-state index in [1.54, 1.807) is 6.20 Å². The van der Waals surface area contributed by atoms with Crippen LogP contribution in [0, 0.1) is 6.92 Å². The maximum atomic E-state index is 5.48. The van der Waals surface area contributed by atoms with E-state index in [4.69, 9.17) is 4.42 Å². The van der Waals surface area contributed by atoms with Gasteiger partial charge in [-0.25, -0.2) is 9.97 Å². The van der Waals surface area contributed by atoms with E-state index >= 15 is 0 Å². The fourth-order valence-electron chi connectivity index (χ4n) is 1.61. The molecule has 0 unspecified atom stereocenters. The van der Waals surface area contributed by atoms with Crippen molar-refractivity contribution in [2.75, 3.05) is 18.9 Å². The number of hydrogen-bond acceptors (Lipinski definition) is 5. The lowest BCUT2D eigenvalue weighted by molar-refractivity contribution is 0.490. The number of hydrogen-bond donors (Lipinski definition) is 2. The minimum Gasteiger partial charge on any atom is -0.465 e. The molecule has 2 aromatic rings. The molecule has 0 aliphatic rings. The molecule has 2 N–H and O–H groups in total. The molecule has 5 nitrogen and oxygen atoms in total. The summed E-state index contributed by atoms with van der Waals surface area (Å²) in [6.07, 6.45) is 2.60. The van der Waals surface area contributed by atoms with Crippen molar-refractivity contribution in [3.63, 3.8) is 0 Å². The van der Waals surface area contributed by atoms with Crippen molar-refractivity contribution in [2.45, 2.75) is 19.9 Å². The second-order valence-electron chi connectivity index (χ2n) is 4.08. The van der Waals surface area contributed by atoms with Crippen LogP contribution in [0.3, 0.4) is 0 Å². The second-order valence-corrected chi connectivity index (χ2v) is 4.08. The van der Waals surface area contributed by atoms with Gasteiger partial charge in [-0.05, 0) is 32.2 Å². The maximum absolute atomic E-state index is 5.48. The van der Waals surface area contributed by atoms with Crippen LogP contribution in [-0.4, -0.2) is 23.6 Å². The zero-order chi connectivity index (χ0) is 12.8. The Bertz CT molecular complexity index is 495. The highest BCUT2D eigenvalue weighted by Gasteiger charge is 2.01. The van der Waals surface area contributed by atoms with E-state index in [1.165, 1.54) is 0 Å². The molecule has 5 heteroatoms. The summed E-state index contributed by atoms with van der Waals surface area (Å²) in [5.41, 5.74) is 0. The Hall–Kier alpha value is -1.88. The number of anilines is 1. The Balaban J connectivity index is 1.92. The smallest absolute Gasteiger partial charge is 0.131 e. The van der Waals surface area contributed by atoms with Crippen molar-refractivity contribution < 1.29 is 4.42 Å². The van der Waals surface area contributed by atoms with E-state index in [0.29, 0.717) is 6.54 Å². The molecule has 0 aliphatic heterocycles. The SMILES string of the molecule is CNCCc1nccc(NCc2ccc(C)o2)n1. The highest BCUT2D eigenvalue weighted by molar-refractivity contribution is 5.33. The quantitative estimate of drug-likeness (QED) is 0.813. The third-order valence-electron chi connectivity index (χ3n) is 2.54. The van der Waals surface area contributed by atoms with E-state index in [0.717, 1.165) is 36.1 Å². The van der Waals surface area contributed by atoms with E-state index in [2.05, 4.69) is 20.6 Å². The van der Waals surface area contributed by atoms with Crippen molar-refractivity contribution >= 4 is 5.82 Å². The molecule has 0 fully saturated rings. The lowest BCUT2D eigenvalue weighted by Gasteiger charge is -2.05. The van der Waals surface area contributed by atoms with Gasteiger partial charge in [0.1, 0.15) is 23.2 Å². The Morgan fingerprint density at radius 3 is 2.89 bits per heavy atom.